The monoisotopic (exact) mass is 782 g/mol. The maximum absolute atomic E-state index is 5.51. The second-order valence-electron chi connectivity index (χ2n) is 15.6. The third-order valence-corrected chi connectivity index (χ3v) is 11.9. The van der Waals surface area contributed by atoms with Crippen molar-refractivity contribution in [1.82, 2.24) is 28.7 Å². The quantitative estimate of drug-likeness (QED) is 0.162. The minimum Gasteiger partial charge on any atom is -0.306 e. The van der Waals surface area contributed by atoms with Crippen LogP contribution in [0.1, 0.15) is 24.2 Å². The maximum atomic E-state index is 5.51. The zero-order valence-electron chi connectivity index (χ0n) is 33.2. The van der Waals surface area contributed by atoms with Crippen LogP contribution in [0.2, 0.25) is 0 Å². The first-order chi connectivity index (χ1) is 30.3. The van der Waals surface area contributed by atoms with Crippen LogP contribution in [0.15, 0.2) is 206 Å². The van der Waals surface area contributed by atoms with E-state index in [1.807, 2.05) is 0 Å². The molecule has 11 aromatic rings. The first kappa shape index (κ1) is 34.9. The Hall–Kier alpha value is -8.09. The van der Waals surface area contributed by atoms with E-state index in [1.165, 1.54) is 16.5 Å². The van der Waals surface area contributed by atoms with Crippen LogP contribution in [0, 0.1) is 0 Å². The van der Waals surface area contributed by atoms with Gasteiger partial charge in [0.1, 0.15) is 5.52 Å². The predicted molar refractivity (Wildman–Crippen MR) is 250 cm³/mol. The summed E-state index contributed by atoms with van der Waals surface area (Å²) in [5, 5.41) is 2.28. The molecule has 0 fully saturated rings. The molecule has 6 heteroatoms. The zero-order chi connectivity index (χ0) is 40.3. The highest BCUT2D eigenvalue weighted by Gasteiger charge is 2.29. The van der Waals surface area contributed by atoms with Gasteiger partial charge in [-0.05, 0) is 89.2 Å². The summed E-state index contributed by atoms with van der Waals surface area (Å²) in [4.78, 5) is 16.3. The van der Waals surface area contributed by atoms with Crippen LogP contribution in [-0.4, -0.2) is 28.7 Å². The Kier molecular flexibility index (Phi) is 8.20. The van der Waals surface area contributed by atoms with Crippen LogP contribution in [0.5, 0.6) is 0 Å². The SMILES string of the molecule is C1=C(c2ccccc2)C=C(c2nc(-c3cccc(-c4ccccc4)c3)nc(-n3c4ccccc4c4c3c3c(c5ccccc5n3-c3ccccc3)n4-c3ccccc3)n2)CC1. The number of fused-ring (bicyclic) bond motifs is 7. The lowest BCUT2D eigenvalue weighted by Gasteiger charge is -2.16. The minimum absolute atomic E-state index is 0.574. The second kappa shape index (κ2) is 14.3. The molecular formula is C55H38N6. The number of rotatable bonds is 7. The van der Waals surface area contributed by atoms with E-state index in [2.05, 4.69) is 220 Å². The molecule has 288 valence electrons. The topological polar surface area (TPSA) is 53.5 Å². The van der Waals surface area contributed by atoms with Crippen molar-refractivity contribution >= 4 is 55.0 Å². The smallest absolute Gasteiger partial charge is 0.238 e. The number of benzene rings is 7. The van der Waals surface area contributed by atoms with Gasteiger partial charge in [-0.1, -0.05) is 158 Å². The lowest BCUT2D eigenvalue weighted by atomic mass is 9.94. The van der Waals surface area contributed by atoms with Crippen molar-refractivity contribution in [3.05, 3.63) is 218 Å². The van der Waals surface area contributed by atoms with Gasteiger partial charge in [0.15, 0.2) is 11.6 Å². The van der Waals surface area contributed by atoms with Crippen LogP contribution in [0.4, 0.5) is 0 Å². The van der Waals surface area contributed by atoms with Gasteiger partial charge >= 0.3 is 0 Å². The molecule has 61 heavy (non-hydrogen) atoms. The number of aromatic nitrogens is 6. The predicted octanol–water partition coefficient (Wildman–Crippen LogP) is 13.5. The fourth-order valence-electron chi connectivity index (χ4n) is 9.25. The van der Waals surface area contributed by atoms with Gasteiger partial charge in [-0.2, -0.15) is 9.97 Å². The number of para-hydroxylation sites is 4. The molecule has 1 aliphatic carbocycles. The molecule has 7 aromatic carbocycles. The molecular weight excluding hydrogens is 745 g/mol. The molecule has 6 nitrogen and oxygen atoms in total. The average molecular weight is 783 g/mol. The van der Waals surface area contributed by atoms with Gasteiger partial charge < -0.3 is 9.13 Å². The molecule has 4 heterocycles. The van der Waals surface area contributed by atoms with Crippen molar-refractivity contribution in [2.24, 2.45) is 0 Å². The van der Waals surface area contributed by atoms with E-state index >= 15 is 0 Å². The summed E-state index contributed by atoms with van der Waals surface area (Å²) >= 11 is 0. The molecule has 0 spiro atoms. The van der Waals surface area contributed by atoms with Crippen LogP contribution in [0.3, 0.4) is 0 Å². The molecule has 0 atom stereocenters. The molecule has 0 N–H and O–H groups in total. The van der Waals surface area contributed by atoms with Gasteiger partial charge in [-0.25, -0.2) is 4.98 Å². The molecule has 0 radical (unpaired) electrons. The number of allylic oxidation sites excluding steroid dienone is 4. The molecule has 0 saturated heterocycles. The van der Waals surface area contributed by atoms with Crippen LogP contribution < -0.4 is 0 Å². The normalized spacial score (nSPS) is 13.0. The lowest BCUT2D eigenvalue weighted by molar-refractivity contribution is 0.914. The van der Waals surface area contributed by atoms with E-state index in [-0.39, 0.29) is 0 Å². The fourth-order valence-corrected chi connectivity index (χ4v) is 9.25. The van der Waals surface area contributed by atoms with Gasteiger partial charge in [0, 0.05) is 27.7 Å². The van der Waals surface area contributed by atoms with Crippen molar-refractivity contribution in [1.29, 1.82) is 0 Å². The first-order valence-corrected chi connectivity index (χ1v) is 20.9. The maximum Gasteiger partial charge on any atom is 0.238 e. The summed E-state index contributed by atoms with van der Waals surface area (Å²) in [5.41, 5.74) is 15.3. The molecule has 0 saturated carbocycles. The summed E-state index contributed by atoms with van der Waals surface area (Å²) in [6, 6.07) is 68.4. The minimum atomic E-state index is 0.574. The molecule has 0 aliphatic heterocycles. The molecule has 12 rings (SSSR count). The summed E-state index contributed by atoms with van der Waals surface area (Å²) < 4.78 is 7.14. The third-order valence-electron chi connectivity index (χ3n) is 11.9. The summed E-state index contributed by atoms with van der Waals surface area (Å²) in [7, 11) is 0. The highest BCUT2D eigenvalue weighted by Crippen LogP contribution is 2.45. The Balaban J connectivity index is 1.21. The van der Waals surface area contributed by atoms with Crippen molar-refractivity contribution in [3.63, 3.8) is 0 Å². The van der Waals surface area contributed by atoms with Gasteiger partial charge in [-0.3, -0.25) is 4.57 Å². The highest BCUT2D eigenvalue weighted by molar-refractivity contribution is 6.25. The van der Waals surface area contributed by atoms with E-state index < -0.39 is 0 Å². The summed E-state index contributed by atoms with van der Waals surface area (Å²) in [6.07, 6.45) is 6.30. The number of hydrogen-bond donors (Lipinski definition) is 0. The average Bonchev–Trinajstić information content (AvgIpc) is 3.98. The molecule has 4 aromatic heterocycles. The molecule has 0 unspecified atom stereocenters. The van der Waals surface area contributed by atoms with E-state index in [0.29, 0.717) is 17.6 Å². The van der Waals surface area contributed by atoms with E-state index in [0.717, 1.165) is 85.0 Å². The summed E-state index contributed by atoms with van der Waals surface area (Å²) in [5.74, 6) is 1.88. The van der Waals surface area contributed by atoms with Crippen molar-refractivity contribution in [2.45, 2.75) is 12.8 Å². The van der Waals surface area contributed by atoms with Crippen molar-refractivity contribution in [3.8, 4) is 39.8 Å². The van der Waals surface area contributed by atoms with E-state index in [1.54, 1.807) is 0 Å². The second-order valence-corrected chi connectivity index (χ2v) is 15.6. The van der Waals surface area contributed by atoms with Gasteiger partial charge in [-0.15, -0.1) is 0 Å². The molecule has 1 aliphatic rings. The number of hydrogen-bond acceptors (Lipinski definition) is 3. The Labute approximate surface area is 352 Å². The zero-order valence-corrected chi connectivity index (χ0v) is 33.2. The van der Waals surface area contributed by atoms with Gasteiger partial charge in [0.05, 0.1) is 27.6 Å². The summed E-state index contributed by atoms with van der Waals surface area (Å²) in [6.45, 7) is 0. The number of nitrogens with zero attached hydrogens (tertiary/aromatic N) is 6. The van der Waals surface area contributed by atoms with Crippen molar-refractivity contribution in [2.75, 3.05) is 0 Å². The van der Waals surface area contributed by atoms with Gasteiger partial charge in [0.2, 0.25) is 5.95 Å². The Bertz CT molecular complexity index is 3500. The molecule has 0 bridgehead atoms. The highest BCUT2D eigenvalue weighted by atomic mass is 15.2. The van der Waals surface area contributed by atoms with Gasteiger partial charge in [0.25, 0.3) is 0 Å². The van der Waals surface area contributed by atoms with Crippen LogP contribution >= 0.6 is 0 Å². The Morgan fingerprint density at radius 1 is 0.377 bits per heavy atom. The molecule has 0 amide bonds. The van der Waals surface area contributed by atoms with E-state index in [4.69, 9.17) is 15.0 Å². The first-order valence-electron chi connectivity index (χ1n) is 20.9. The van der Waals surface area contributed by atoms with Crippen molar-refractivity contribution < 1.29 is 0 Å². The van der Waals surface area contributed by atoms with Crippen LogP contribution in [-0.2, 0) is 0 Å². The fraction of sp³-hybridized carbons (Fsp3) is 0.0364. The Morgan fingerprint density at radius 3 is 1.56 bits per heavy atom. The van der Waals surface area contributed by atoms with Crippen LogP contribution in [0.25, 0.3) is 94.9 Å². The third kappa shape index (κ3) is 5.75. The standard InChI is InChI=1S/C55H38N6/c1-5-19-37(20-6-1)39-23-17-25-41(35-39)53-56-54(42-26-18-24-40(36-42)38-21-7-2-8-22-38)58-55(57-53)61-48-34-16-14-32-46(48)50-52(61)51-49(60(50)44-29-11-4-12-30-44)45-31-13-15-33-47(45)59(51)43-27-9-3-10-28-43/h1-17,19-25,27-36H,18,26H2. The largest absolute Gasteiger partial charge is 0.306 e. The lowest BCUT2D eigenvalue weighted by Crippen LogP contribution is -2.09. The van der Waals surface area contributed by atoms with E-state index in [9.17, 15) is 0 Å². The Morgan fingerprint density at radius 2 is 0.885 bits per heavy atom.